The fraction of sp³-hybridized carbons (Fsp3) is 0.560. The molecule has 0 bridgehead atoms. The molecular weight excluding hydrogens is 408 g/mol. The standard InChI is InChI=1S/C25H36N2O3S/c1-18(2)9-12-26(15-20(4)28)16-25(29)27-13-10-24-22(11-14-31-24)23(27)17-30-21-7-5-19(3)6-8-21/h5-8,11,14,18,20,23,28H,9-10,12-13,15-17H2,1-4H3/t20-,23-/m1/s1. The summed E-state index contributed by atoms with van der Waals surface area (Å²) >= 11 is 1.76. The van der Waals surface area contributed by atoms with Crippen LogP contribution in [0.5, 0.6) is 5.75 Å². The molecule has 2 aromatic rings. The van der Waals surface area contributed by atoms with Gasteiger partial charge in [-0.05, 0) is 68.3 Å². The van der Waals surface area contributed by atoms with Gasteiger partial charge in [-0.2, -0.15) is 0 Å². The molecule has 170 valence electrons. The minimum atomic E-state index is -0.453. The molecule has 31 heavy (non-hydrogen) atoms. The average molecular weight is 445 g/mol. The predicted molar refractivity (Wildman–Crippen MR) is 127 cm³/mol. The van der Waals surface area contributed by atoms with E-state index in [1.54, 1.807) is 18.3 Å². The Morgan fingerprint density at radius 1 is 1.26 bits per heavy atom. The van der Waals surface area contributed by atoms with Gasteiger partial charge in [-0.15, -0.1) is 11.3 Å². The van der Waals surface area contributed by atoms with Gasteiger partial charge in [0.25, 0.3) is 0 Å². The number of hydrogen-bond donors (Lipinski definition) is 1. The second-order valence-electron chi connectivity index (χ2n) is 9.04. The SMILES string of the molecule is Cc1ccc(OC[C@@H]2c3ccsc3CCN2C(=O)CN(CCC(C)C)C[C@@H](C)O)cc1. The van der Waals surface area contributed by atoms with Gasteiger partial charge in [0, 0.05) is 18.0 Å². The van der Waals surface area contributed by atoms with Crippen LogP contribution >= 0.6 is 11.3 Å². The number of fused-ring (bicyclic) bond motifs is 1. The van der Waals surface area contributed by atoms with Crippen LogP contribution in [0.2, 0.25) is 0 Å². The number of aryl methyl sites for hydroxylation is 1. The van der Waals surface area contributed by atoms with Crippen LogP contribution in [0.25, 0.3) is 0 Å². The first-order valence-corrected chi connectivity index (χ1v) is 12.2. The molecule has 0 aliphatic carbocycles. The number of ether oxygens (including phenoxy) is 1. The number of aliphatic hydroxyl groups is 1. The van der Waals surface area contributed by atoms with Crippen molar-refractivity contribution >= 4 is 17.2 Å². The van der Waals surface area contributed by atoms with Crippen molar-refractivity contribution in [1.29, 1.82) is 0 Å². The lowest BCUT2D eigenvalue weighted by molar-refractivity contribution is -0.136. The number of hydrogen-bond acceptors (Lipinski definition) is 5. The summed E-state index contributed by atoms with van der Waals surface area (Å²) < 4.78 is 6.11. The summed E-state index contributed by atoms with van der Waals surface area (Å²) in [6.07, 6.45) is 1.45. The third kappa shape index (κ3) is 6.79. The largest absolute Gasteiger partial charge is 0.491 e. The Kier molecular flexibility index (Phi) is 8.52. The van der Waals surface area contributed by atoms with E-state index in [2.05, 4.69) is 37.1 Å². The minimum Gasteiger partial charge on any atom is -0.491 e. The number of carbonyl (C=O) groups excluding carboxylic acids is 1. The number of nitrogens with zero attached hydrogens (tertiary/aromatic N) is 2. The van der Waals surface area contributed by atoms with Crippen molar-refractivity contribution in [2.24, 2.45) is 5.92 Å². The smallest absolute Gasteiger partial charge is 0.237 e. The zero-order valence-electron chi connectivity index (χ0n) is 19.2. The molecule has 5 nitrogen and oxygen atoms in total. The van der Waals surface area contributed by atoms with Crippen LogP contribution in [0.4, 0.5) is 0 Å². The van der Waals surface area contributed by atoms with E-state index in [-0.39, 0.29) is 11.9 Å². The lowest BCUT2D eigenvalue weighted by Gasteiger charge is -2.37. The van der Waals surface area contributed by atoms with Crippen LogP contribution in [0.15, 0.2) is 35.7 Å². The van der Waals surface area contributed by atoms with Gasteiger partial charge in [0.2, 0.25) is 5.91 Å². The van der Waals surface area contributed by atoms with E-state index < -0.39 is 6.10 Å². The molecule has 1 amide bonds. The normalized spacial score (nSPS) is 17.1. The molecule has 1 aliphatic heterocycles. The van der Waals surface area contributed by atoms with Crippen molar-refractivity contribution < 1.29 is 14.6 Å². The van der Waals surface area contributed by atoms with Crippen LogP contribution in [-0.4, -0.2) is 59.7 Å². The van der Waals surface area contributed by atoms with Gasteiger partial charge in [-0.1, -0.05) is 31.5 Å². The first-order valence-electron chi connectivity index (χ1n) is 11.3. The Labute approximate surface area is 190 Å². The van der Waals surface area contributed by atoms with E-state index in [1.807, 2.05) is 29.2 Å². The van der Waals surface area contributed by atoms with E-state index in [4.69, 9.17) is 4.74 Å². The summed E-state index contributed by atoms with van der Waals surface area (Å²) in [5, 5.41) is 12.0. The van der Waals surface area contributed by atoms with Crippen molar-refractivity contribution in [2.75, 3.05) is 32.8 Å². The molecule has 1 aromatic carbocycles. The lowest BCUT2D eigenvalue weighted by atomic mass is 10.00. The molecule has 0 radical (unpaired) electrons. The number of benzene rings is 1. The maximum Gasteiger partial charge on any atom is 0.237 e. The van der Waals surface area contributed by atoms with Crippen LogP contribution < -0.4 is 4.74 Å². The van der Waals surface area contributed by atoms with Gasteiger partial charge >= 0.3 is 0 Å². The number of rotatable bonds is 10. The third-order valence-corrected chi connectivity index (χ3v) is 6.74. The Balaban J connectivity index is 1.71. The highest BCUT2D eigenvalue weighted by atomic mass is 32.1. The Hall–Kier alpha value is -1.89. The zero-order valence-corrected chi connectivity index (χ0v) is 20.0. The highest BCUT2D eigenvalue weighted by Gasteiger charge is 2.33. The number of amides is 1. The summed E-state index contributed by atoms with van der Waals surface area (Å²) in [5.41, 5.74) is 2.41. The molecule has 1 N–H and O–H groups in total. The Morgan fingerprint density at radius 3 is 2.68 bits per heavy atom. The van der Waals surface area contributed by atoms with Gasteiger partial charge in [-0.25, -0.2) is 0 Å². The summed E-state index contributed by atoms with van der Waals surface area (Å²) in [4.78, 5) is 18.8. The summed E-state index contributed by atoms with van der Waals surface area (Å²) in [6.45, 7) is 11.0. The second-order valence-corrected chi connectivity index (χ2v) is 10.0. The average Bonchev–Trinajstić information content (AvgIpc) is 3.20. The summed E-state index contributed by atoms with van der Waals surface area (Å²) in [5.74, 6) is 1.50. The Bertz CT molecular complexity index is 832. The van der Waals surface area contributed by atoms with E-state index in [9.17, 15) is 9.90 Å². The van der Waals surface area contributed by atoms with E-state index in [0.717, 1.165) is 25.1 Å². The number of thiophene rings is 1. The molecule has 0 saturated carbocycles. The second kappa shape index (κ2) is 11.1. The van der Waals surface area contributed by atoms with E-state index >= 15 is 0 Å². The molecule has 2 atom stereocenters. The van der Waals surface area contributed by atoms with Gasteiger partial charge in [0.05, 0.1) is 18.7 Å². The van der Waals surface area contributed by atoms with E-state index in [1.165, 1.54) is 16.0 Å². The molecule has 0 fully saturated rings. The molecule has 0 unspecified atom stereocenters. The van der Waals surface area contributed by atoms with Crippen molar-refractivity contribution in [3.63, 3.8) is 0 Å². The highest BCUT2D eigenvalue weighted by Crippen LogP contribution is 2.34. The predicted octanol–water partition coefficient (Wildman–Crippen LogP) is 4.29. The quantitative estimate of drug-likeness (QED) is 0.594. The Morgan fingerprint density at radius 2 is 2.00 bits per heavy atom. The van der Waals surface area contributed by atoms with Crippen LogP contribution in [0, 0.1) is 12.8 Å². The lowest BCUT2D eigenvalue weighted by Crippen LogP contribution is -2.47. The van der Waals surface area contributed by atoms with Crippen molar-refractivity contribution in [1.82, 2.24) is 9.80 Å². The first-order chi connectivity index (χ1) is 14.8. The summed E-state index contributed by atoms with van der Waals surface area (Å²) in [6, 6.07) is 10.1. The number of aliphatic hydroxyl groups excluding tert-OH is 1. The van der Waals surface area contributed by atoms with Gasteiger partial charge < -0.3 is 14.7 Å². The van der Waals surface area contributed by atoms with Crippen LogP contribution in [-0.2, 0) is 11.2 Å². The molecular formula is C25H36N2O3S. The molecule has 0 spiro atoms. The van der Waals surface area contributed by atoms with E-state index in [0.29, 0.717) is 32.2 Å². The number of carbonyl (C=O) groups is 1. The topological polar surface area (TPSA) is 53.0 Å². The van der Waals surface area contributed by atoms with Crippen molar-refractivity contribution in [3.8, 4) is 5.75 Å². The van der Waals surface area contributed by atoms with Gasteiger partial charge in [0.15, 0.2) is 0 Å². The van der Waals surface area contributed by atoms with Crippen molar-refractivity contribution in [3.05, 3.63) is 51.7 Å². The molecule has 2 heterocycles. The molecule has 0 saturated heterocycles. The van der Waals surface area contributed by atoms with Crippen LogP contribution in [0.3, 0.4) is 0 Å². The first kappa shape index (κ1) is 23.8. The van der Waals surface area contributed by atoms with Gasteiger partial charge in [0.1, 0.15) is 12.4 Å². The maximum absolute atomic E-state index is 13.4. The van der Waals surface area contributed by atoms with Crippen molar-refractivity contribution in [2.45, 2.75) is 52.7 Å². The maximum atomic E-state index is 13.4. The van der Waals surface area contributed by atoms with Gasteiger partial charge in [-0.3, -0.25) is 9.69 Å². The molecule has 1 aliphatic rings. The fourth-order valence-corrected chi connectivity index (χ4v) is 4.94. The highest BCUT2D eigenvalue weighted by molar-refractivity contribution is 7.10. The fourth-order valence-electron chi connectivity index (χ4n) is 4.02. The van der Waals surface area contributed by atoms with Crippen LogP contribution in [0.1, 0.15) is 49.2 Å². The summed E-state index contributed by atoms with van der Waals surface area (Å²) in [7, 11) is 0. The monoisotopic (exact) mass is 444 g/mol. The zero-order chi connectivity index (χ0) is 22.4. The third-order valence-electron chi connectivity index (χ3n) is 5.75. The molecule has 1 aromatic heterocycles. The molecule has 3 rings (SSSR count). The molecule has 6 heteroatoms. The minimum absolute atomic E-state index is 0.0812.